The third-order valence-electron chi connectivity index (χ3n) is 3.20. The summed E-state index contributed by atoms with van der Waals surface area (Å²) in [5, 5.41) is 9.42. The van der Waals surface area contributed by atoms with Gasteiger partial charge >= 0.3 is 5.69 Å². The molecule has 14 heavy (non-hydrogen) atoms. The molecule has 0 unspecified atom stereocenters. The first kappa shape index (κ1) is 9.37. The highest BCUT2D eigenvalue weighted by Crippen LogP contribution is 2.40. The van der Waals surface area contributed by atoms with Crippen molar-refractivity contribution in [3.05, 3.63) is 16.2 Å². The van der Waals surface area contributed by atoms with Gasteiger partial charge in [-0.25, -0.2) is 4.79 Å². The largest absolute Gasteiger partial charge is 0.493 e. The summed E-state index contributed by atoms with van der Waals surface area (Å²) in [6.07, 6.45) is 5.63. The second-order valence-electron chi connectivity index (χ2n) is 4.60. The Labute approximate surface area is 82.4 Å². The van der Waals surface area contributed by atoms with Crippen LogP contribution in [0.1, 0.15) is 38.3 Å². The third-order valence-corrected chi connectivity index (χ3v) is 3.20. The number of aromatic amines is 2. The van der Waals surface area contributed by atoms with Gasteiger partial charge < -0.3 is 10.1 Å². The van der Waals surface area contributed by atoms with Crippen molar-refractivity contribution in [2.45, 2.75) is 39.0 Å². The quantitative estimate of drug-likeness (QED) is 0.671. The molecule has 4 heteroatoms. The van der Waals surface area contributed by atoms with Crippen molar-refractivity contribution in [2.24, 2.45) is 5.41 Å². The molecular formula is C10H16N2O2. The van der Waals surface area contributed by atoms with Gasteiger partial charge in [-0.3, -0.25) is 4.98 Å². The van der Waals surface area contributed by atoms with Crippen LogP contribution in [-0.4, -0.2) is 15.1 Å². The number of hydrogen-bond acceptors (Lipinski definition) is 2. The van der Waals surface area contributed by atoms with Crippen molar-refractivity contribution in [1.29, 1.82) is 0 Å². The molecule has 1 aromatic heterocycles. The Hall–Kier alpha value is -1.19. The molecule has 1 aromatic rings. The van der Waals surface area contributed by atoms with Crippen LogP contribution in [0.2, 0.25) is 0 Å². The first-order valence-corrected chi connectivity index (χ1v) is 5.09. The predicted octanol–water partition coefficient (Wildman–Crippen LogP) is 1.53. The molecule has 0 amide bonds. The maximum atomic E-state index is 10.9. The van der Waals surface area contributed by atoms with Gasteiger partial charge in [0, 0.05) is 0 Å². The zero-order chi connectivity index (χ0) is 10.2. The van der Waals surface area contributed by atoms with Crippen molar-refractivity contribution in [1.82, 2.24) is 9.97 Å². The molecule has 0 radical (unpaired) electrons. The summed E-state index contributed by atoms with van der Waals surface area (Å²) in [5.41, 5.74) is 0.585. The SMILES string of the molecule is CC1(Cc2[nH]c(=O)[nH]c2O)CCCC1. The summed E-state index contributed by atoms with van der Waals surface area (Å²) in [4.78, 5) is 15.9. The number of hydrogen-bond donors (Lipinski definition) is 3. The molecule has 1 fully saturated rings. The molecular weight excluding hydrogens is 180 g/mol. The summed E-state index contributed by atoms with van der Waals surface area (Å²) in [7, 11) is 0. The van der Waals surface area contributed by atoms with E-state index < -0.39 is 0 Å². The van der Waals surface area contributed by atoms with E-state index in [4.69, 9.17) is 0 Å². The number of rotatable bonds is 2. The molecule has 1 aliphatic rings. The van der Waals surface area contributed by atoms with Gasteiger partial charge in [0.1, 0.15) is 0 Å². The Balaban J connectivity index is 2.17. The third kappa shape index (κ3) is 1.69. The number of aromatic hydroxyl groups is 1. The topological polar surface area (TPSA) is 68.9 Å². The van der Waals surface area contributed by atoms with E-state index in [1.807, 2.05) is 0 Å². The molecule has 1 saturated carbocycles. The molecule has 0 saturated heterocycles. The summed E-state index contributed by atoms with van der Waals surface area (Å²) in [5.74, 6) is 0.00289. The van der Waals surface area contributed by atoms with Gasteiger partial charge in [0.15, 0.2) is 0 Å². The molecule has 4 nitrogen and oxygen atoms in total. The zero-order valence-electron chi connectivity index (χ0n) is 8.39. The van der Waals surface area contributed by atoms with Crippen molar-refractivity contribution >= 4 is 0 Å². The Morgan fingerprint density at radius 2 is 2.00 bits per heavy atom. The van der Waals surface area contributed by atoms with Crippen LogP contribution in [0.4, 0.5) is 0 Å². The highest BCUT2D eigenvalue weighted by molar-refractivity contribution is 5.17. The maximum absolute atomic E-state index is 10.9. The number of nitrogens with one attached hydrogen (secondary N) is 2. The van der Waals surface area contributed by atoms with Crippen LogP contribution in [0.5, 0.6) is 5.88 Å². The van der Waals surface area contributed by atoms with E-state index in [0.717, 1.165) is 6.42 Å². The lowest BCUT2D eigenvalue weighted by Gasteiger charge is -2.22. The lowest BCUT2D eigenvalue weighted by Crippen LogP contribution is -2.15. The summed E-state index contributed by atoms with van der Waals surface area (Å²) < 4.78 is 0. The maximum Gasteiger partial charge on any atom is 0.325 e. The molecule has 0 spiro atoms. The molecule has 0 atom stereocenters. The highest BCUT2D eigenvalue weighted by Gasteiger charge is 2.30. The summed E-state index contributed by atoms with van der Waals surface area (Å²) >= 11 is 0. The highest BCUT2D eigenvalue weighted by atomic mass is 16.3. The van der Waals surface area contributed by atoms with E-state index >= 15 is 0 Å². The van der Waals surface area contributed by atoms with Gasteiger partial charge in [0.25, 0.3) is 0 Å². The number of aromatic nitrogens is 2. The number of H-pyrrole nitrogens is 2. The molecule has 2 rings (SSSR count). The zero-order valence-corrected chi connectivity index (χ0v) is 8.39. The van der Waals surface area contributed by atoms with E-state index in [0.29, 0.717) is 5.69 Å². The van der Waals surface area contributed by atoms with Crippen molar-refractivity contribution < 1.29 is 5.11 Å². The van der Waals surface area contributed by atoms with Crippen LogP contribution in [0.15, 0.2) is 4.79 Å². The van der Waals surface area contributed by atoms with Crippen LogP contribution >= 0.6 is 0 Å². The van der Waals surface area contributed by atoms with E-state index in [1.54, 1.807) is 0 Å². The lowest BCUT2D eigenvalue weighted by atomic mass is 9.84. The minimum absolute atomic E-state index is 0.00289. The van der Waals surface area contributed by atoms with E-state index in [2.05, 4.69) is 16.9 Å². The average Bonchev–Trinajstić information content (AvgIpc) is 2.61. The van der Waals surface area contributed by atoms with Gasteiger partial charge in [-0.1, -0.05) is 19.8 Å². The molecule has 1 aliphatic carbocycles. The van der Waals surface area contributed by atoms with Crippen LogP contribution < -0.4 is 5.69 Å². The standard InChI is InChI=1S/C10H16N2O2/c1-10(4-2-3-5-10)6-7-8(13)12-9(14)11-7/h13H,2-6H2,1H3,(H2,11,12,14). The Morgan fingerprint density at radius 3 is 2.50 bits per heavy atom. The molecule has 78 valence electrons. The monoisotopic (exact) mass is 196 g/mol. The smallest absolute Gasteiger partial charge is 0.325 e. The van der Waals surface area contributed by atoms with Crippen LogP contribution in [-0.2, 0) is 6.42 Å². The minimum atomic E-state index is -0.320. The van der Waals surface area contributed by atoms with Gasteiger partial charge in [-0.05, 0) is 24.7 Å². The molecule has 0 aromatic carbocycles. The van der Waals surface area contributed by atoms with Crippen molar-refractivity contribution in [2.75, 3.05) is 0 Å². The van der Waals surface area contributed by atoms with E-state index in [1.165, 1.54) is 25.7 Å². The fourth-order valence-corrected chi connectivity index (χ4v) is 2.37. The number of imidazole rings is 1. The molecule has 0 bridgehead atoms. The second-order valence-corrected chi connectivity index (χ2v) is 4.60. The Kier molecular flexibility index (Phi) is 2.13. The van der Waals surface area contributed by atoms with Gasteiger partial charge in [-0.2, -0.15) is 0 Å². The van der Waals surface area contributed by atoms with Crippen molar-refractivity contribution in [3.8, 4) is 5.88 Å². The van der Waals surface area contributed by atoms with Gasteiger partial charge in [0.05, 0.1) is 5.69 Å². The van der Waals surface area contributed by atoms with E-state index in [9.17, 15) is 9.90 Å². The Bertz CT molecular complexity index is 372. The van der Waals surface area contributed by atoms with Crippen LogP contribution in [0.25, 0.3) is 0 Å². The molecule has 1 heterocycles. The first-order valence-electron chi connectivity index (χ1n) is 5.09. The second kappa shape index (κ2) is 3.19. The summed E-state index contributed by atoms with van der Waals surface area (Å²) in [6, 6.07) is 0. The van der Waals surface area contributed by atoms with E-state index in [-0.39, 0.29) is 17.0 Å². The fraction of sp³-hybridized carbons (Fsp3) is 0.700. The van der Waals surface area contributed by atoms with Crippen LogP contribution in [0.3, 0.4) is 0 Å². The summed E-state index contributed by atoms with van der Waals surface area (Å²) in [6.45, 7) is 2.21. The van der Waals surface area contributed by atoms with Gasteiger partial charge in [0.2, 0.25) is 5.88 Å². The fourth-order valence-electron chi connectivity index (χ4n) is 2.37. The van der Waals surface area contributed by atoms with Gasteiger partial charge in [-0.15, -0.1) is 0 Å². The average molecular weight is 196 g/mol. The normalized spacial score (nSPS) is 20.1. The molecule has 0 aliphatic heterocycles. The molecule has 3 N–H and O–H groups in total. The first-order chi connectivity index (χ1) is 6.59. The van der Waals surface area contributed by atoms with Crippen LogP contribution in [0, 0.1) is 5.41 Å². The predicted molar refractivity (Wildman–Crippen MR) is 53.4 cm³/mol. The Morgan fingerprint density at radius 1 is 1.36 bits per heavy atom. The minimum Gasteiger partial charge on any atom is -0.493 e. The van der Waals surface area contributed by atoms with Crippen molar-refractivity contribution in [3.63, 3.8) is 0 Å². The lowest BCUT2D eigenvalue weighted by molar-refractivity contribution is 0.324.